The number of anilines is 1. The highest BCUT2D eigenvalue weighted by Gasteiger charge is 2.22. The molecule has 2 N–H and O–H groups in total. The van der Waals surface area contributed by atoms with Gasteiger partial charge in [0.1, 0.15) is 0 Å². The minimum atomic E-state index is 0.0137. The predicted molar refractivity (Wildman–Crippen MR) is 96.1 cm³/mol. The molecular weight excluding hydrogens is 302 g/mol. The lowest BCUT2D eigenvalue weighted by molar-refractivity contribution is 0.137. The Balaban J connectivity index is 1.55. The molecule has 3 rings (SSSR count). The fraction of sp³-hybridized carbons (Fsp3) is 0.632. The van der Waals surface area contributed by atoms with E-state index in [1.807, 2.05) is 11.0 Å². The van der Waals surface area contributed by atoms with Crippen molar-refractivity contribution in [2.75, 3.05) is 37.7 Å². The molecular formula is C19H29N3O2. The van der Waals surface area contributed by atoms with Gasteiger partial charge in [-0.15, -0.1) is 0 Å². The molecule has 0 radical (unpaired) electrons. The number of aliphatic hydroxyl groups is 1. The van der Waals surface area contributed by atoms with Gasteiger partial charge >= 0.3 is 6.03 Å². The first-order valence-corrected chi connectivity index (χ1v) is 9.24. The molecule has 2 amide bonds. The van der Waals surface area contributed by atoms with Gasteiger partial charge in [0.15, 0.2) is 0 Å². The molecule has 0 atom stereocenters. The zero-order chi connectivity index (χ0) is 16.8. The van der Waals surface area contributed by atoms with E-state index >= 15 is 0 Å². The van der Waals surface area contributed by atoms with Crippen molar-refractivity contribution >= 4 is 11.7 Å². The fourth-order valence-corrected chi connectivity index (χ4v) is 3.70. The van der Waals surface area contributed by atoms with Gasteiger partial charge in [-0.1, -0.05) is 18.2 Å². The van der Waals surface area contributed by atoms with Crippen molar-refractivity contribution in [2.24, 2.45) is 5.92 Å². The van der Waals surface area contributed by atoms with Crippen molar-refractivity contribution in [3.05, 3.63) is 29.8 Å². The Kier molecular flexibility index (Phi) is 5.96. The van der Waals surface area contributed by atoms with Crippen LogP contribution in [-0.4, -0.2) is 48.8 Å². The minimum Gasteiger partial charge on any atom is -0.396 e. The van der Waals surface area contributed by atoms with Crippen LogP contribution in [-0.2, 0) is 6.54 Å². The van der Waals surface area contributed by atoms with Gasteiger partial charge in [-0.3, -0.25) is 0 Å². The molecule has 0 unspecified atom stereocenters. The number of hydrogen-bond acceptors (Lipinski definition) is 3. The summed E-state index contributed by atoms with van der Waals surface area (Å²) >= 11 is 0. The quantitative estimate of drug-likeness (QED) is 0.892. The summed E-state index contributed by atoms with van der Waals surface area (Å²) < 4.78 is 0. The summed E-state index contributed by atoms with van der Waals surface area (Å²) in [6.07, 6.45) is 5.61. The van der Waals surface area contributed by atoms with E-state index in [4.69, 9.17) is 0 Å². The first kappa shape index (κ1) is 17.1. The first-order chi connectivity index (χ1) is 11.8. The Bertz CT molecular complexity index is 535. The van der Waals surface area contributed by atoms with Crippen LogP contribution < -0.4 is 10.2 Å². The van der Waals surface area contributed by atoms with Gasteiger partial charge in [0.05, 0.1) is 0 Å². The molecule has 1 aromatic carbocycles. The number of likely N-dealkylation sites (tertiary alicyclic amines) is 1. The lowest BCUT2D eigenvalue weighted by Crippen LogP contribution is -2.44. The maximum Gasteiger partial charge on any atom is 0.317 e. The fourth-order valence-electron chi connectivity index (χ4n) is 3.70. The molecule has 5 nitrogen and oxygen atoms in total. The molecule has 2 aliphatic heterocycles. The maximum absolute atomic E-state index is 12.4. The third-order valence-corrected chi connectivity index (χ3v) is 5.28. The van der Waals surface area contributed by atoms with E-state index < -0.39 is 0 Å². The number of piperidine rings is 2. The third-order valence-electron chi connectivity index (χ3n) is 5.28. The number of carbonyl (C=O) groups excluding carboxylic acids is 1. The third kappa shape index (κ3) is 4.20. The Labute approximate surface area is 144 Å². The summed E-state index contributed by atoms with van der Waals surface area (Å²) in [6.45, 7) is 4.51. The molecule has 1 aromatic rings. The highest BCUT2D eigenvalue weighted by molar-refractivity contribution is 5.74. The highest BCUT2D eigenvalue weighted by atomic mass is 16.3. The monoisotopic (exact) mass is 331 g/mol. The number of carbonyl (C=O) groups is 1. The molecule has 0 bridgehead atoms. The smallest absolute Gasteiger partial charge is 0.317 e. The molecule has 2 aliphatic rings. The lowest BCUT2D eigenvalue weighted by Gasteiger charge is -2.32. The highest BCUT2D eigenvalue weighted by Crippen LogP contribution is 2.24. The first-order valence-electron chi connectivity index (χ1n) is 9.24. The summed E-state index contributed by atoms with van der Waals surface area (Å²) in [6, 6.07) is 8.41. The second-order valence-electron chi connectivity index (χ2n) is 6.95. The average Bonchev–Trinajstić information content (AvgIpc) is 2.67. The van der Waals surface area contributed by atoms with E-state index in [2.05, 4.69) is 28.4 Å². The zero-order valence-corrected chi connectivity index (χ0v) is 14.4. The Morgan fingerprint density at radius 3 is 2.50 bits per heavy atom. The number of nitrogens with zero attached hydrogens (tertiary/aromatic N) is 2. The summed E-state index contributed by atoms with van der Waals surface area (Å²) in [5.41, 5.74) is 2.45. The van der Waals surface area contributed by atoms with Crippen LogP contribution in [0.15, 0.2) is 24.3 Å². The van der Waals surface area contributed by atoms with Crippen LogP contribution in [0.5, 0.6) is 0 Å². The molecule has 0 saturated carbocycles. The summed E-state index contributed by atoms with van der Waals surface area (Å²) in [4.78, 5) is 16.7. The van der Waals surface area contributed by atoms with Gasteiger partial charge in [0.2, 0.25) is 0 Å². The maximum atomic E-state index is 12.4. The van der Waals surface area contributed by atoms with E-state index in [1.54, 1.807) is 0 Å². The molecule has 0 aromatic heterocycles. The number of benzene rings is 1. The van der Waals surface area contributed by atoms with Crippen LogP contribution >= 0.6 is 0 Å². The summed E-state index contributed by atoms with van der Waals surface area (Å²) in [5.74, 6) is 0.355. The molecule has 2 fully saturated rings. The summed E-state index contributed by atoms with van der Waals surface area (Å²) in [5, 5.41) is 12.3. The van der Waals surface area contributed by atoms with Crippen LogP contribution in [0.3, 0.4) is 0 Å². The van der Waals surface area contributed by atoms with Crippen molar-refractivity contribution in [2.45, 2.75) is 38.6 Å². The molecule has 24 heavy (non-hydrogen) atoms. The molecule has 0 spiro atoms. The van der Waals surface area contributed by atoms with Crippen LogP contribution in [0.1, 0.15) is 37.7 Å². The number of amides is 2. The zero-order valence-electron chi connectivity index (χ0n) is 14.4. The number of para-hydroxylation sites is 1. The topological polar surface area (TPSA) is 55.8 Å². The average molecular weight is 331 g/mol. The normalized spacial score (nSPS) is 19.4. The molecule has 2 heterocycles. The van der Waals surface area contributed by atoms with Gasteiger partial charge in [0.25, 0.3) is 0 Å². The van der Waals surface area contributed by atoms with E-state index in [-0.39, 0.29) is 12.6 Å². The van der Waals surface area contributed by atoms with Crippen LogP contribution in [0, 0.1) is 5.92 Å². The molecule has 0 aliphatic carbocycles. The Hall–Kier alpha value is -1.75. The van der Waals surface area contributed by atoms with Gasteiger partial charge in [-0.2, -0.15) is 0 Å². The van der Waals surface area contributed by atoms with Gasteiger partial charge in [0, 0.05) is 45.0 Å². The largest absolute Gasteiger partial charge is 0.396 e. The Morgan fingerprint density at radius 2 is 1.79 bits per heavy atom. The minimum absolute atomic E-state index is 0.0137. The standard InChI is InChI=1S/C19H29N3O2/c23-15-16-8-12-22(13-9-16)19(24)20-14-17-6-2-3-7-18(17)21-10-4-1-5-11-21/h2-3,6-7,16,23H,1,4-5,8-15H2,(H,20,24). The predicted octanol–water partition coefficient (Wildman–Crippen LogP) is 2.59. The van der Waals surface area contributed by atoms with Crippen molar-refractivity contribution in [3.63, 3.8) is 0 Å². The molecule has 132 valence electrons. The van der Waals surface area contributed by atoms with Crippen LogP contribution in [0.2, 0.25) is 0 Å². The summed E-state index contributed by atoms with van der Waals surface area (Å²) in [7, 11) is 0. The van der Waals surface area contributed by atoms with Crippen molar-refractivity contribution in [3.8, 4) is 0 Å². The number of hydrogen-bond donors (Lipinski definition) is 2. The van der Waals surface area contributed by atoms with E-state index in [0.29, 0.717) is 12.5 Å². The second-order valence-corrected chi connectivity index (χ2v) is 6.95. The van der Waals surface area contributed by atoms with Gasteiger partial charge in [-0.05, 0) is 49.7 Å². The SMILES string of the molecule is O=C(NCc1ccccc1N1CCCCC1)N1CCC(CO)CC1. The van der Waals surface area contributed by atoms with E-state index in [0.717, 1.165) is 39.0 Å². The van der Waals surface area contributed by atoms with Crippen LogP contribution in [0.25, 0.3) is 0 Å². The van der Waals surface area contributed by atoms with E-state index in [1.165, 1.54) is 30.5 Å². The van der Waals surface area contributed by atoms with Crippen molar-refractivity contribution < 1.29 is 9.90 Å². The van der Waals surface area contributed by atoms with Gasteiger partial charge < -0.3 is 20.2 Å². The van der Waals surface area contributed by atoms with Crippen molar-refractivity contribution in [1.29, 1.82) is 0 Å². The molecule has 5 heteroatoms. The number of aliphatic hydroxyl groups excluding tert-OH is 1. The number of nitrogens with one attached hydrogen (secondary N) is 1. The van der Waals surface area contributed by atoms with Gasteiger partial charge in [-0.25, -0.2) is 4.79 Å². The molecule has 2 saturated heterocycles. The number of urea groups is 1. The number of rotatable bonds is 4. The van der Waals surface area contributed by atoms with Crippen molar-refractivity contribution in [1.82, 2.24) is 10.2 Å². The van der Waals surface area contributed by atoms with E-state index in [9.17, 15) is 9.90 Å². The Morgan fingerprint density at radius 1 is 1.08 bits per heavy atom. The van der Waals surface area contributed by atoms with Crippen LogP contribution in [0.4, 0.5) is 10.5 Å². The lowest BCUT2D eigenvalue weighted by atomic mass is 9.98. The second kappa shape index (κ2) is 8.38.